The first kappa shape index (κ1) is 16.3. The Balaban J connectivity index is 1.53. The topological polar surface area (TPSA) is 68.0 Å². The third kappa shape index (κ3) is 4.48. The molecule has 1 aromatic heterocycles. The maximum absolute atomic E-state index is 5.99. The summed E-state index contributed by atoms with van der Waals surface area (Å²) < 4.78 is 16.9. The smallest absolute Gasteiger partial charge is 0.191 e. The first-order valence-electron chi connectivity index (χ1n) is 8.59. The summed E-state index contributed by atoms with van der Waals surface area (Å²) in [6, 6.07) is 4.28. The summed E-state index contributed by atoms with van der Waals surface area (Å²) in [5, 5.41) is 6.89. The van der Waals surface area contributed by atoms with E-state index < -0.39 is 0 Å². The van der Waals surface area contributed by atoms with Crippen LogP contribution in [0.2, 0.25) is 0 Å². The summed E-state index contributed by atoms with van der Waals surface area (Å²) >= 11 is 0. The number of nitrogens with zero attached hydrogens (tertiary/aromatic N) is 1. The minimum Gasteiger partial charge on any atom is -0.469 e. The van der Waals surface area contributed by atoms with Gasteiger partial charge in [-0.25, -0.2) is 0 Å². The first-order valence-corrected chi connectivity index (χ1v) is 8.59. The molecule has 2 saturated heterocycles. The molecule has 3 rings (SSSR count). The molecular weight excluding hydrogens is 294 g/mol. The van der Waals surface area contributed by atoms with Gasteiger partial charge in [-0.2, -0.15) is 0 Å². The van der Waals surface area contributed by atoms with Crippen molar-refractivity contribution in [3.8, 4) is 0 Å². The van der Waals surface area contributed by atoms with Crippen molar-refractivity contribution in [2.24, 2.45) is 4.99 Å². The summed E-state index contributed by atoms with van der Waals surface area (Å²) in [4.78, 5) is 4.66. The molecule has 3 heterocycles. The van der Waals surface area contributed by atoms with Gasteiger partial charge in [0.15, 0.2) is 5.96 Å². The third-order valence-corrected chi connectivity index (χ3v) is 4.45. The highest BCUT2D eigenvalue weighted by Crippen LogP contribution is 2.32. The molecule has 2 atom stereocenters. The van der Waals surface area contributed by atoms with Crippen molar-refractivity contribution in [1.82, 2.24) is 10.6 Å². The van der Waals surface area contributed by atoms with E-state index in [1.165, 1.54) is 0 Å². The van der Waals surface area contributed by atoms with Gasteiger partial charge in [-0.05, 0) is 31.9 Å². The van der Waals surface area contributed by atoms with E-state index >= 15 is 0 Å². The van der Waals surface area contributed by atoms with Gasteiger partial charge in [-0.3, -0.25) is 4.99 Å². The standard InChI is InChI=1S/C17H27N3O3/c1-2-18-16(19-8-5-15-4-3-9-22-15)20-14-6-10-23-17(12-14)7-11-21-13-17/h3-4,9,14H,2,5-8,10-13H2,1H3,(H2,18,19,20). The second kappa shape index (κ2) is 7.84. The highest BCUT2D eigenvalue weighted by atomic mass is 16.6. The highest BCUT2D eigenvalue weighted by molar-refractivity contribution is 5.80. The van der Waals surface area contributed by atoms with Crippen LogP contribution in [0.15, 0.2) is 27.8 Å². The second-order valence-electron chi connectivity index (χ2n) is 6.26. The Hall–Kier alpha value is -1.53. The Morgan fingerprint density at radius 2 is 2.39 bits per heavy atom. The molecule has 0 saturated carbocycles. The zero-order chi connectivity index (χ0) is 16.0. The number of aliphatic imine (C=N–C) groups is 1. The van der Waals surface area contributed by atoms with Crippen LogP contribution in [-0.2, 0) is 15.9 Å². The third-order valence-electron chi connectivity index (χ3n) is 4.45. The number of hydrogen-bond donors (Lipinski definition) is 2. The summed E-state index contributed by atoms with van der Waals surface area (Å²) in [6.45, 7) is 5.96. The second-order valence-corrected chi connectivity index (χ2v) is 6.26. The monoisotopic (exact) mass is 321 g/mol. The summed E-state index contributed by atoms with van der Waals surface area (Å²) in [6.07, 6.45) is 5.50. The first-order chi connectivity index (χ1) is 11.3. The predicted molar refractivity (Wildman–Crippen MR) is 88.7 cm³/mol. The fourth-order valence-corrected chi connectivity index (χ4v) is 3.26. The van der Waals surface area contributed by atoms with Crippen LogP contribution < -0.4 is 10.6 Å². The molecule has 128 valence electrons. The normalized spacial score (nSPS) is 28.2. The van der Waals surface area contributed by atoms with Gasteiger partial charge in [0, 0.05) is 45.2 Å². The molecule has 1 aromatic rings. The zero-order valence-corrected chi connectivity index (χ0v) is 13.8. The van der Waals surface area contributed by atoms with E-state index in [2.05, 4.69) is 22.5 Å². The minimum absolute atomic E-state index is 0.0819. The van der Waals surface area contributed by atoms with Crippen molar-refractivity contribution in [3.63, 3.8) is 0 Å². The predicted octanol–water partition coefficient (Wildman–Crippen LogP) is 1.72. The van der Waals surface area contributed by atoms with Crippen molar-refractivity contribution < 1.29 is 13.9 Å². The van der Waals surface area contributed by atoms with Crippen molar-refractivity contribution >= 4 is 5.96 Å². The highest BCUT2D eigenvalue weighted by Gasteiger charge is 2.41. The van der Waals surface area contributed by atoms with Gasteiger partial charge in [0.2, 0.25) is 0 Å². The van der Waals surface area contributed by atoms with Crippen LogP contribution in [0.1, 0.15) is 31.9 Å². The Kier molecular flexibility index (Phi) is 5.56. The Bertz CT molecular complexity index is 495. The summed E-state index contributed by atoms with van der Waals surface area (Å²) in [5.41, 5.74) is -0.0819. The van der Waals surface area contributed by atoms with Gasteiger partial charge in [0.05, 0.1) is 18.5 Å². The maximum Gasteiger partial charge on any atom is 0.191 e. The number of hydrogen-bond acceptors (Lipinski definition) is 4. The van der Waals surface area contributed by atoms with Gasteiger partial charge in [-0.1, -0.05) is 0 Å². The molecular formula is C17H27N3O3. The molecule has 0 amide bonds. The van der Waals surface area contributed by atoms with Crippen molar-refractivity contribution in [3.05, 3.63) is 24.2 Å². The Morgan fingerprint density at radius 1 is 1.43 bits per heavy atom. The number of guanidine groups is 1. The molecule has 2 aliphatic rings. The van der Waals surface area contributed by atoms with Crippen molar-refractivity contribution in [1.29, 1.82) is 0 Å². The summed E-state index contributed by atoms with van der Waals surface area (Å²) in [7, 11) is 0. The van der Waals surface area contributed by atoms with Crippen LogP contribution >= 0.6 is 0 Å². The number of nitrogens with one attached hydrogen (secondary N) is 2. The fourth-order valence-electron chi connectivity index (χ4n) is 3.26. The summed E-state index contributed by atoms with van der Waals surface area (Å²) in [5.74, 6) is 1.85. The van der Waals surface area contributed by atoms with Crippen LogP contribution in [0, 0.1) is 0 Å². The van der Waals surface area contributed by atoms with E-state index in [9.17, 15) is 0 Å². The largest absolute Gasteiger partial charge is 0.469 e. The molecule has 0 aromatic carbocycles. The van der Waals surface area contributed by atoms with Crippen LogP contribution in [0.25, 0.3) is 0 Å². The minimum atomic E-state index is -0.0819. The van der Waals surface area contributed by atoms with Gasteiger partial charge in [0.25, 0.3) is 0 Å². The Morgan fingerprint density at radius 3 is 3.13 bits per heavy atom. The van der Waals surface area contributed by atoms with Gasteiger partial charge < -0.3 is 24.5 Å². The SMILES string of the molecule is CCNC(=NCCc1ccco1)NC1CCOC2(CCOC2)C1. The molecule has 6 heteroatoms. The zero-order valence-electron chi connectivity index (χ0n) is 13.8. The van der Waals surface area contributed by atoms with E-state index in [4.69, 9.17) is 13.9 Å². The average Bonchev–Trinajstić information content (AvgIpc) is 3.20. The maximum atomic E-state index is 5.99. The van der Waals surface area contributed by atoms with Crippen LogP contribution in [-0.4, -0.2) is 50.5 Å². The lowest BCUT2D eigenvalue weighted by molar-refractivity contribution is -0.0873. The molecule has 0 aliphatic carbocycles. The molecule has 0 bridgehead atoms. The molecule has 1 spiro atoms. The number of ether oxygens (including phenoxy) is 2. The van der Waals surface area contributed by atoms with Crippen LogP contribution in [0.5, 0.6) is 0 Å². The Labute approximate surface area is 137 Å². The van der Waals surface area contributed by atoms with E-state index in [0.29, 0.717) is 12.6 Å². The molecule has 2 fully saturated rings. The van der Waals surface area contributed by atoms with Crippen molar-refractivity contribution in [2.75, 3.05) is 32.9 Å². The van der Waals surface area contributed by atoms with E-state index in [1.54, 1.807) is 6.26 Å². The molecule has 2 aliphatic heterocycles. The lowest BCUT2D eigenvalue weighted by atomic mass is 9.90. The lowest BCUT2D eigenvalue weighted by Gasteiger charge is -2.37. The number of furan rings is 1. The average molecular weight is 321 g/mol. The molecule has 2 unspecified atom stereocenters. The van der Waals surface area contributed by atoms with E-state index in [-0.39, 0.29) is 5.60 Å². The van der Waals surface area contributed by atoms with Crippen LogP contribution in [0.4, 0.5) is 0 Å². The number of rotatable bonds is 5. The molecule has 23 heavy (non-hydrogen) atoms. The van der Waals surface area contributed by atoms with Gasteiger partial charge in [0.1, 0.15) is 5.76 Å². The van der Waals surface area contributed by atoms with Gasteiger partial charge in [-0.15, -0.1) is 0 Å². The van der Waals surface area contributed by atoms with Gasteiger partial charge >= 0.3 is 0 Å². The lowest BCUT2D eigenvalue weighted by Crippen LogP contribution is -2.51. The fraction of sp³-hybridized carbons (Fsp3) is 0.706. The van der Waals surface area contributed by atoms with E-state index in [1.807, 2.05) is 12.1 Å². The quantitative estimate of drug-likeness (QED) is 0.638. The molecule has 2 N–H and O–H groups in total. The molecule has 0 radical (unpaired) electrons. The van der Waals surface area contributed by atoms with Crippen molar-refractivity contribution in [2.45, 2.75) is 44.2 Å². The van der Waals surface area contributed by atoms with Crippen LogP contribution in [0.3, 0.4) is 0 Å². The molecule has 6 nitrogen and oxygen atoms in total. The van der Waals surface area contributed by atoms with E-state index in [0.717, 1.165) is 63.8 Å².